The summed E-state index contributed by atoms with van der Waals surface area (Å²) in [5, 5.41) is 2.88. The van der Waals surface area contributed by atoms with Gasteiger partial charge in [-0.15, -0.1) is 0 Å². The molecular weight excluding hydrogens is 228 g/mol. The first kappa shape index (κ1) is 12.6. The molecule has 1 N–H and O–H groups in total. The molecular formula is C14H18N2O2. The Hall–Kier alpha value is -1.84. The van der Waals surface area contributed by atoms with Gasteiger partial charge in [0.1, 0.15) is 0 Å². The van der Waals surface area contributed by atoms with E-state index < -0.39 is 0 Å². The molecule has 3 amide bonds. The Morgan fingerprint density at radius 3 is 2.33 bits per heavy atom. The molecule has 0 bridgehead atoms. The molecule has 4 heteroatoms. The normalized spacial score (nSPS) is 20.2. The fraction of sp³-hybridized carbons (Fsp3) is 0.429. The van der Waals surface area contributed by atoms with E-state index in [0.717, 1.165) is 5.56 Å². The van der Waals surface area contributed by atoms with E-state index in [1.54, 1.807) is 12.1 Å². The Morgan fingerprint density at radius 2 is 1.83 bits per heavy atom. The van der Waals surface area contributed by atoms with E-state index in [4.69, 9.17) is 0 Å². The number of rotatable bonds is 2. The number of benzene rings is 1. The fourth-order valence-corrected chi connectivity index (χ4v) is 2.02. The molecule has 1 atom stereocenters. The minimum atomic E-state index is -0.325. The zero-order valence-corrected chi connectivity index (χ0v) is 10.9. The Kier molecular flexibility index (Phi) is 3.36. The molecule has 0 aliphatic carbocycles. The predicted molar refractivity (Wildman–Crippen MR) is 70.4 cm³/mol. The van der Waals surface area contributed by atoms with Crippen LogP contribution in [0.15, 0.2) is 24.3 Å². The molecule has 2 rings (SSSR count). The van der Waals surface area contributed by atoms with E-state index >= 15 is 0 Å². The van der Waals surface area contributed by atoms with Crippen LogP contribution in [0.3, 0.4) is 0 Å². The number of urea groups is 1. The SMILES string of the molecule is Cc1ccc(N2C(=O)CC(C(C)C)NC2=O)cc1. The monoisotopic (exact) mass is 246 g/mol. The van der Waals surface area contributed by atoms with Gasteiger partial charge in [0.15, 0.2) is 0 Å². The smallest absolute Gasteiger partial charge is 0.328 e. The van der Waals surface area contributed by atoms with Crippen LogP contribution in [-0.2, 0) is 4.79 Å². The maximum Gasteiger partial charge on any atom is 0.328 e. The van der Waals surface area contributed by atoms with Crippen molar-refractivity contribution in [2.24, 2.45) is 5.92 Å². The molecule has 1 unspecified atom stereocenters. The molecule has 1 aliphatic rings. The van der Waals surface area contributed by atoms with Gasteiger partial charge < -0.3 is 5.32 Å². The lowest BCUT2D eigenvalue weighted by molar-refractivity contribution is -0.119. The van der Waals surface area contributed by atoms with Crippen molar-refractivity contribution in [3.05, 3.63) is 29.8 Å². The minimum absolute atomic E-state index is 0.0632. The van der Waals surface area contributed by atoms with Gasteiger partial charge in [0.25, 0.3) is 0 Å². The molecule has 0 saturated carbocycles. The number of nitrogens with one attached hydrogen (secondary N) is 1. The van der Waals surface area contributed by atoms with Gasteiger partial charge in [-0.25, -0.2) is 9.69 Å². The summed E-state index contributed by atoms with van der Waals surface area (Å²) in [6, 6.07) is 6.99. The van der Waals surface area contributed by atoms with Gasteiger partial charge in [-0.1, -0.05) is 31.5 Å². The lowest BCUT2D eigenvalue weighted by atomic mass is 9.98. The first-order valence-electron chi connectivity index (χ1n) is 6.19. The van der Waals surface area contributed by atoms with Crippen molar-refractivity contribution in [1.82, 2.24) is 5.32 Å². The number of anilines is 1. The van der Waals surface area contributed by atoms with Crippen LogP contribution < -0.4 is 10.2 Å². The van der Waals surface area contributed by atoms with Crippen molar-refractivity contribution in [2.75, 3.05) is 4.90 Å². The summed E-state index contributed by atoms with van der Waals surface area (Å²) in [5.41, 5.74) is 1.73. The van der Waals surface area contributed by atoms with Crippen molar-refractivity contribution in [3.63, 3.8) is 0 Å². The molecule has 1 aromatic rings. The summed E-state index contributed by atoms with van der Waals surface area (Å²) < 4.78 is 0. The van der Waals surface area contributed by atoms with Gasteiger partial charge >= 0.3 is 6.03 Å². The maximum absolute atomic E-state index is 12.1. The Balaban J connectivity index is 2.22. The van der Waals surface area contributed by atoms with Gasteiger partial charge in [-0.05, 0) is 25.0 Å². The van der Waals surface area contributed by atoms with E-state index in [9.17, 15) is 9.59 Å². The van der Waals surface area contributed by atoms with Gasteiger partial charge in [0, 0.05) is 12.5 Å². The van der Waals surface area contributed by atoms with Crippen LogP contribution in [0.25, 0.3) is 0 Å². The summed E-state index contributed by atoms with van der Waals surface area (Å²) in [7, 11) is 0. The van der Waals surface area contributed by atoms with E-state index in [2.05, 4.69) is 5.32 Å². The van der Waals surface area contributed by atoms with Crippen molar-refractivity contribution in [3.8, 4) is 0 Å². The van der Waals surface area contributed by atoms with Crippen molar-refractivity contribution in [2.45, 2.75) is 33.2 Å². The number of amides is 3. The van der Waals surface area contributed by atoms with Crippen LogP contribution in [0.5, 0.6) is 0 Å². The summed E-state index contributed by atoms with van der Waals surface area (Å²) >= 11 is 0. The van der Waals surface area contributed by atoms with Gasteiger partial charge in [-0.3, -0.25) is 4.79 Å². The van der Waals surface area contributed by atoms with Crippen LogP contribution in [0.1, 0.15) is 25.8 Å². The number of carbonyl (C=O) groups excluding carboxylic acids is 2. The second-order valence-electron chi connectivity index (χ2n) is 5.07. The Bertz CT molecular complexity index is 447. The zero-order chi connectivity index (χ0) is 13.3. The zero-order valence-electron chi connectivity index (χ0n) is 10.9. The summed E-state index contributed by atoms with van der Waals surface area (Å²) in [6.07, 6.45) is 0.358. The summed E-state index contributed by atoms with van der Waals surface area (Å²) in [5.74, 6) is 0.124. The second kappa shape index (κ2) is 4.80. The number of nitrogens with zero attached hydrogens (tertiary/aromatic N) is 1. The molecule has 4 nitrogen and oxygen atoms in total. The number of hydrogen-bond acceptors (Lipinski definition) is 2. The molecule has 0 aromatic heterocycles. The average molecular weight is 246 g/mol. The average Bonchev–Trinajstić information content (AvgIpc) is 2.30. The third-order valence-electron chi connectivity index (χ3n) is 3.25. The first-order valence-corrected chi connectivity index (χ1v) is 6.19. The lowest BCUT2D eigenvalue weighted by Crippen LogP contribution is -2.56. The Morgan fingerprint density at radius 1 is 1.22 bits per heavy atom. The molecule has 18 heavy (non-hydrogen) atoms. The quantitative estimate of drug-likeness (QED) is 0.871. The second-order valence-corrected chi connectivity index (χ2v) is 5.07. The van der Waals surface area contributed by atoms with E-state index in [-0.39, 0.29) is 23.9 Å². The van der Waals surface area contributed by atoms with Gasteiger partial charge in [0.05, 0.1) is 5.69 Å². The third-order valence-corrected chi connectivity index (χ3v) is 3.25. The van der Waals surface area contributed by atoms with Crippen molar-refractivity contribution >= 4 is 17.6 Å². The van der Waals surface area contributed by atoms with Crippen LogP contribution in [-0.4, -0.2) is 18.0 Å². The van der Waals surface area contributed by atoms with Crippen molar-refractivity contribution in [1.29, 1.82) is 0 Å². The Labute approximate surface area is 107 Å². The topological polar surface area (TPSA) is 49.4 Å². The van der Waals surface area contributed by atoms with Crippen molar-refractivity contribution < 1.29 is 9.59 Å². The molecule has 1 fully saturated rings. The third kappa shape index (κ3) is 2.37. The van der Waals surface area contributed by atoms with E-state index in [0.29, 0.717) is 12.1 Å². The number of imide groups is 1. The highest BCUT2D eigenvalue weighted by Crippen LogP contribution is 2.21. The van der Waals surface area contributed by atoms with Crippen LogP contribution in [0.2, 0.25) is 0 Å². The fourth-order valence-electron chi connectivity index (χ4n) is 2.02. The lowest BCUT2D eigenvalue weighted by Gasteiger charge is -2.33. The number of hydrogen-bond donors (Lipinski definition) is 1. The molecule has 0 spiro atoms. The van der Waals surface area contributed by atoms with Gasteiger partial charge in [-0.2, -0.15) is 0 Å². The van der Waals surface area contributed by atoms with E-state index in [1.165, 1.54) is 4.90 Å². The maximum atomic E-state index is 12.1. The predicted octanol–water partition coefficient (Wildman–Crippen LogP) is 2.47. The molecule has 1 aliphatic heterocycles. The largest absolute Gasteiger partial charge is 0.334 e. The molecule has 1 saturated heterocycles. The molecule has 96 valence electrons. The molecule has 1 heterocycles. The summed E-state index contributed by atoms with van der Waals surface area (Å²) in [4.78, 5) is 25.3. The van der Waals surface area contributed by atoms with Gasteiger partial charge in [0.2, 0.25) is 5.91 Å². The minimum Gasteiger partial charge on any atom is -0.334 e. The summed E-state index contributed by atoms with van der Waals surface area (Å²) in [6.45, 7) is 5.97. The van der Waals surface area contributed by atoms with Crippen LogP contribution >= 0.6 is 0 Å². The van der Waals surface area contributed by atoms with E-state index in [1.807, 2.05) is 32.9 Å². The number of aryl methyl sites for hydroxylation is 1. The highest BCUT2D eigenvalue weighted by Gasteiger charge is 2.34. The highest BCUT2D eigenvalue weighted by atomic mass is 16.2. The highest BCUT2D eigenvalue weighted by molar-refractivity contribution is 6.16. The first-order chi connectivity index (χ1) is 8.49. The molecule has 1 aromatic carbocycles. The standard InChI is InChI=1S/C14H18N2O2/c1-9(2)12-8-13(17)16(14(18)15-12)11-6-4-10(3)5-7-11/h4-7,9,12H,8H2,1-3H3,(H,15,18). The number of carbonyl (C=O) groups is 2. The molecule has 0 radical (unpaired) electrons. The van der Waals surface area contributed by atoms with Crippen LogP contribution in [0.4, 0.5) is 10.5 Å². The van der Waals surface area contributed by atoms with Crippen LogP contribution in [0, 0.1) is 12.8 Å².